The number of imidazole rings is 1. The number of nitrogens with zero attached hydrogens (tertiary/aromatic N) is 3. The van der Waals surface area contributed by atoms with Gasteiger partial charge in [0.2, 0.25) is 11.8 Å². The summed E-state index contributed by atoms with van der Waals surface area (Å²) in [6.45, 7) is 4.22. The van der Waals surface area contributed by atoms with E-state index >= 15 is 0 Å². The van der Waals surface area contributed by atoms with Crippen molar-refractivity contribution < 1.29 is 14.0 Å². The third-order valence-corrected chi connectivity index (χ3v) is 7.82. The molecular weight excluding hydrogens is 457 g/mol. The number of carbonyl (C=O) groups excluding carboxylic acids is 2. The SMILES string of the molecule is C[C@]12CCN(CC(=O)NCCc3nc4ccccc4[nH]3)[C@H]1CCCCC(=O)N2Cc1ccc(F)cc1. The van der Waals surface area contributed by atoms with Crippen molar-refractivity contribution in [2.45, 2.75) is 63.6 Å². The van der Waals surface area contributed by atoms with E-state index in [1.54, 1.807) is 12.1 Å². The number of amides is 2. The second-order valence-electron chi connectivity index (χ2n) is 10.2. The highest BCUT2D eigenvalue weighted by Gasteiger charge is 2.49. The van der Waals surface area contributed by atoms with Crippen LogP contribution in [0.2, 0.25) is 0 Å². The highest BCUT2D eigenvalue weighted by atomic mass is 19.1. The van der Waals surface area contributed by atoms with Crippen LogP contribution in [0.25, 0.3) is 11.0 Å². The highest BCUT2D eigenvalue weighted by molar-refractivity contribution is 5.79. The molecule has 0 bridgehead atoms. The molecular formula is C28H34FN5O2. The van der Waals surface area contributed by atoms with Crippen LogP contribution in [0.1, 0.15) is 50.4 Å². The Labute approximate surface area is 211 Å². The molecule has 0 aliphatic carbocycles. The van der Waals surface area contributed by atoms with Crippen molar-refractivity contribution in [2.75, 3.05) is 19.6 Å². The first-order chi connectivity index (χ1) is 17.4. The van der Waals surface area contributed by atoms with Gasteiger partial charge in [0.15, 0.2) is 0 Å². The number of fused-ring (bicyclic) bond motifs is 2. The van der Waals surface area contributed by atoms with E-state index in [4.69, 9.17) is 0 Å². The minimum Gasteiger partial charge on any atom is -0.355 e. The predicted molar refractivity (Wildman–Crippen MR) is 137 cm³/mol. The van der Waals surface area contributed by atoms with Crippen molar-refractivity contribution in [1.82, 2.24) is 25.1 Å². The maximum absolute atomic E-state index is 13.4. The van der Waals surface area contributed by atoms with Crippen molar-refractivity contribution >= 4 is 22.8 Å². The molecule has 0 unspecified atom stereocenters. The van der Waals surface area contributed by atoms with Gasteiger partial charge in [0.1, 0.15) is 11.6 Å². The van der Waals surface area contributed by atoms with Gasteiger partial charge in [-0.15, -0.1) is 0 Å². The van der Waals surface area contributed by atoms with Crippen molar-refractivity contribution in [2.24, 2.45) is 0 Å². The third-order valence-electron chi connectivity index (χ3n) is 7.82. The quantitative estimate of drug-likeness (QED) is 0.527. The predicted octanol–water partition coefficient (Wildman–Crippen LogP) is 3.80. The van der Waals surface area contributed by atoms with Crippen LogP contribution in [-0.4, -0.2) is 62.8 Å². The number of para-hydroxylation sites is 2. The fraction of sp³-hybridized carbons (Fsp3) is 0.464. The lowest BCUT2D eigenvalue weighted by atomic mass is 9.84. The average molecular weight is 492 g/mol. The number of halogens is 1. The molecule has 190 valence electrons. The summed E-state index contributed by atoms with van der Waals surface area (Å²) in [5.41, 5.74) is 2.49. The highest BCUT2D eigenvalue weighted by Crippen LogP contribution is 2.39. The number of likely N-dealkylation sites (tertiary alicyclic amines) is 2. The van der Waals surface area contributed by atoms with Gasteiger partial charge in [-0.1, -0.05) is 30.7 Å². The van der Waals surface area contributed by atoms with Crippen molar-refractivity contribution in [3.63, 3.8) is 0 Å². The number of H-pyrrole nitrogens is 1. The van der Waals surface area contributed by atoms with Crippen LogP contribution in [-0.2, 0) is 22.6 Å². The monoisotopic (exact) mass is 491 g/mol. The van der Waals surface area contributed by atoms with Crippen LogP contribution in [0.4, 0.5) is 4.39 Å². The topological polar surface area (TPSA) is 81.3 Å². The van der Waals surface area contributed by atoms with Gasteiger partial charge in [-0.2, -0.15) is 0 Å². The van der Waals surface area contributed by atoms with E-state index in [2.05, 4.69) is 27.1 Å². The number of benzene rings is 2. The molecule has 36 heavy (non-hydrogen) atoms. The van der Waals surface area contributed by atoms with Crippen LogP contribution in [0.15, 0.2) is 48.5 Å². The van der Waals surface area contributed by atoms with Crippen LogP contribution < -0.4 is 5.32 Å². The first-order valence-electron chi connectivity index (χ1n) is 12.9. The standard InChI is InChI=1S/C28H34FN5O2/c1-28-15-17-33(19-26(35)30-16-14-25-31-22-6-2-3-7-23(22)32-25)24(28)8-4-5-9-27(36)34(28)18-20-10-12-21(29)13-11-20/h2-3,6-7,10-13,24H,4-5,8-9,14-19H2,1H3,(H,30,35)(H,31,32)/t24-,28-/m0/s1. The van der Waals surface area contributed by atoms with Crippen molar-refractivity contribution in [3.8, 4) is 0 Å². The summed E-state index contributed by atoms with van der Waals surface area (Å²) in [5, 5.41) is 3.05. The number of aromatic nitrogens is 2. The molecule has 0 radical (unpaired) electrons. The minimum atomic E-state index is -0.361. The largest absolute Gasteiger partial charge is 0.355 e. The normalized spacial score (nSPS) is 22.9. The summed E-state index contributed by atoms with van der Waals surface area (Å²) in [6, 6.07) is 14.4. The molecule has 2 saturated heterocycles. The summed E-state index contributed by atoms with van der Waals surface area (Å²) < 4.78 is 13.4. The molecule has 3 heterocycles. The van der Waals surface area contributed by atoms with E-state index in [9.17, 15) is 14.0 Å². The second kappa shape index (κ2) is 10.4. The number of hydrogen-bond donors (Lipinski definition) is 2. The van der Waals surface area contributed by atoms with Gasteiger partial charge < -0.3 is 15.2 Å². The molecule has 1 aromatic heterocycles. The average Bonchev–Trinajstić information content (AvgIpc) is 3.41. The van der Waals surface area contributed by atoms with Crippen LogP contribution in [0.5, 0.6) is 0 Å². The molecule has 5 rings (SSSR count). The van der Waals surface area contributed by atoms with Gasteiger partial charge in [-0.3, -0.25) is 14.5 Å². The van der Waals surface area contributed by atoms with Crippen molar-refractivity contribution in [3.05, 3.63) is 65.7 Å². The first kappa shape index (κ1) is 24.4. The van der Waals surface area contributed by atoms with Crippen molar-refractivity contribution in [1.29, 1.82) is 0 Å². The van der Waals surface area contributed by atoms with Gasteiger partial charge in [0.25, 0.3) is 0 Å². The first-order valence-corrected chi connectivity index (χ1v) is 12.9. The summed E-state index contributed by atoms with van der Waals surface area (Å²) >= 11 is 0. The molecule has 0 spiro atoms. The molecule has 2 fully saturated rings. The molecule has 2 N–H and O–H groups in total. The lowest BCUT2D eigenvalue weighted by molar-refractivity contribution is -0.140. The molecule has 2 aliphatic rings. The Morgan fingerprint density at radius 2 is 2.00 bits per heavy atom. The lowest BCUT2D eigenvalue weighted by Gasteiger charge is -2.46. The summed E-state index contributed by atoms with van der Waals surface area (Å²) in [7, 11) is 0. The molecule has 2 atom stereocenters. The van der Waals surface area contributed by atoms with E-state index < -0.39 is 0 Å². The Bertz CT molecular complexity index is 1190. The van der Waals surface area contributed by atoms with Gasteiger partial charge in [-0.25, -0.2) is 9.37 Å². The zero-order valence-electron chi connectivity index (χ0n) is 20.8. The van der Waals surface area contributed by atoms with Gasteiger partial charge in [-0.05, 0) is 56.0 Å². The second-order valence-corrected chi connectivity index (χ2v) is 10.2. The van der Waals surface area contributed by atoms with E-state index in [-0.39, 0.29) is 29.2 Å². The number of nitrogens with one attached hydrogen (secondary N) is 2. The maximum Gasteiger partial charge on any atom is 0.234 e. The van der Waals surface area contributed by atoms with Gasteiger partial charge in [0.05, 0.1) is 23.1 Å². The van der Waals surface area contributed by atoms with E-state index in [0.29, 0.717) is 32.5 Å². The summed E-state index contributed by atoms with van der Waals surface area (Å²) in [6.07, 6.45) is 4.77. The Morgan fingerprint density at radius 3 is 2.81 bits per heavy atom. The number of hydrogen-bond acceptors (Lipinski definition) is 4. The number of rotatable bonds is 7. The van der Waals surface area contributed by atoms with Crippen LogP contribution in [0.3, 0.4) is 0 Å². The molecule has 3 aromatic rings. The smallest absolute Gasteiger partial charge is 0.234 e. The van der Waals surface area contributed by atoms with Crippen LogP contribution >= 0.6 is 0 Å². The Kier molecular flexibility index (Phi) is 7.05. The zero-order chi connectivity index (χ0) is 25.1. The summed E-state index contributed by atoms with van der Waals surface area (Å²) in [5.74, 6) is 0.720. The maximum atomic E-state index is 13.4. The van der Waals surface area contributed by atoms with Gasteiger partial charge >= 0.3 is 0 Å². The summed E-state index contributed by atoms with van der Waals surface area (Å²) in [4.78, 5) is 38.2. The molecule has 2 aliphatic heterocycles. The molecule has 0 saturated carbocycles. The fourth-order valence-corrected chi connectivity index (χ4v) is 5.84. The van der Waals surface area contributed by atoms with E-state index in [1.807, 2.05) is 29.2 Å². The third kappa shape index (κ3) is 5.14. The Morgan fingerprint density at radius 1 is 1.19 bits per heavy atom. The number of aromatic amines is 1. The molecule has 7 nitrogen and oxygen atoms in total. The number of carbonyl (C=O) groups is 2. The Hall–Kier alpha value is -3.26. The zero-order valence-corrected chi connectivity index (χ0v) is 20.8. The molecule has 2 amide bonds. The van der Waals surface area contributed by atoms with E-state index in [0.717, 1.165) is 54.6 Å². The minimum absolute atomic E-state index is 0.00571. The van der Waals surface area contributed by atoms with Gasteiger partial charge in [0, 0.05) is 38.5 Å². The fourth-order valence-electron chi connectivity index (χ4n) is 5.84. The lowest BCUT2D eigenvalue weighted by Crippen LogP contribution is -2.58. The van der Waals surface area contributed by atoms with Crippen LogP contribution in [0, 0.1) is 5.82 Å². The van der Waals surface area contributed by atoms with E-state index in [1.165, 1.54) is 12.1 Å². The molecule has 8 heteroatoms. The Balaban J connectivity index is 1.22. The molecule has 2 aromatic carbocycles.